The average Bonchev–Trinajstić information content (AvgIpc) is 3.19. The maximum absolute atomic E-state index is 12.4. The minimum absolute atomic E-state index is 0.0316. The van der Waals surface area contributed by atoms with Crippen LogP contribution in [0.5, 0.6) is 11.5 Å². The highest BCUT2D eigenvalue weighted by molar-refractivity contribution is 7.20. The molecular formula is C21H21N3O4S. The third kappa shape index (κ3) is 4.97. The molecule has 150 valence electrons. The molecule has 1 aromatic heterocycles. The molecule has 0 spiro atoms. The van der Waals surface area contributed by atoms with Crippen molar-refractivity contribution in [3.8, 4) is 11.5 Å². The fourth-order valence-electron chi connectivity index (χ4n) is 2.66. The Morgan fingerprint density at radius 1 is 1.07 bits per heavy atom. The number of rotatable bonds is 8. The standard InChI is InChI=1S/C21H21N3O4S/c1-13(21-22-15-6-4-5-7-19(15)29-21)23-24-20(26)11-9-16(25)14-8-10-17(27-2)18(12-14)28-3/h4-8,10,12H,9,11H2,1-3H3,(H,24,26)/b23-13+. The lowest BCUT2D eigenvalue weighted by molar-refractivity contribution is -0.121. The molecule has 0 radical (unpaired) electrons. The Bertz CT molecular complexity index is 1040. The van der Waals surface area contributed by atoms with Crippen molar-refractivity contribution in [1.29, 1.82) is 0 Å². The summed E-state index contributed by atoms with van der Waals surface area (Å²) in [6.07, 6.45) is 0.0980. The van der Waals surface area contributed by atoms with Gasteiger partial charge in [-0.05, 0) is 37.3 Å². The lowest BCUT2D eigenvalue weighted by Crippen LogP contribution is -2.20. The Labute approximate surface area is 172 Å². The van der Waals surface area contributed by atoms with Gasteiger partial charge in [-0.2, -0.15) is 5.10 Å². The number of para-hydroxylation sites is 1. The second-order valence-electron chi connectivity index (χ2n) is 6.21. The first-order valence-corrected chi connectivity index (χ1v) is 9.77. The van der Waals surface area contributed by atoms with Crippen molar-refractivity contribution >= 4 is 39.0 Å². The molecule has 0 saturated carbocycles. The number of fused-ring (bicyclic) bond motifs is 1. The first kappa shape index (κ1) is 20.5. The zero-order chi connectivity index (χ0) is 20.8. The van der Waals surface area contributed by atoms with E-state index in [0.717, 1.165) is 15.2 Å². The molecule has 0 saturated heterocycles. The monoisotopic (exact) mass is 411 g/mol. The number of methoxy groups -OCH3 is 2. The van der Waals surface area contributed by atoms with Crippen LogP contribution in [0.2, 0.25) is 0 Å². The number of nitrogens with zero attached hydrogens (tertiary/aromatic N) is 2. The molecule has 0 aliphatic carbocycles. The zero-order valence-electron chi connectivity index (χ0n) is 16.4. The second kappa shape index (κ2) is 9.29. The van der Waals surface area contributed by atoms with Gasteiger partial charge >= 0.3 is 0 Å². The Balaban J connectivity index is 1.56. The lowest BCUT2D eigenvalue weighted by Gasteiger charge is -2.09. The minimum Gasteiger partial charge on any atom is -0.493 e. The van der Waals surface area contributed by atoms with E-state index in [2.05, 4.69) is 15.5 Å². The van der Waals surface area contributed by atoms with E-state index in [-0.39, 0.29) is 24.5 Å². The van der Waals surface area contributed by atoms with Gasteiger partial charge in [0.25, 0.3) is 0 Å². The number of hydrogen-bond donors (Lipinski definition) is 1. The van der Waals surface area contributed by atoms with Crippen LogP contribution in [0.3, 0.4) is 0 Å². The fourth-order valence-corrected chi connectivity index (χ4v) is 3.57. The van der Waals surface area contributed by atoms with Crippen LogP contribution in [-0.4, -0.2) is 36.6 Å². The molecule has 3 aromatic rings. The number of ketones is 1. The predicted molar refractivity (Wildman–Crippen MR) is 113 cm³/mol. The molecule has 0 aliphatic heterocycles. The number of amides is 1. The van der Waals surface area contributed by atoms with E-state index < -0.39 is 0 Å². The van der Waals surface area contributed by atoms with Gasteiger partial charge in [-0.3, -0.25) is 9.59 Å². The van der Waals surface area contributed by atoms with Crippen LogP contribution in [0.25, 0.3) is 10.2 Å². The number of thiazole rings is 1. The molecule has 7 nitrogen and oxygen atoms in total. The maximum atomic E-state index is 12.4. The summed E-state index contributed by atoms with van der Waals surface area (Å²) in [5.74, 6) is 0.521. The molecule has 8 heteroatoms. The van der Waals surface area contributed by atoms with Gasteiger partial charge in [-0.15, -0.1) is 11.3 Å². The largest absolute Gasteiger partial charge is 0.493 e. The van der Waals surface area contributed by atoms with Crippen molar-refractivity contribution in [3.63, 3.8) is 0 Å². The number of aromatic nitrogens is 1. The van der Waals surface area contributed by atoms with Crippen molar-refractivity contribution in [2.45, 2.75) is 19.8 Å². The Morgan fingerprint density at radius 2 is 1.83 bits per heavy atom. The van der Waals surface area contributed by atoms with Crippen molar-refractivity contribution < 1.29 is 19.1 Å². The normalized spacial score (nSPS) is 11.3. The van der Waals surface area contributed by atoms with Crippen LogP contribution >= 0.6 is 11.3 Å². The number of carbonyl (C=O) groups excluding carboxylic acids is 2. The van der Waals surface area contributed by atoms with Crippen molar-refractivity contribution in [2.24, 2.45) is 5.10 Å². The lowest BCUT2D eigenvalue weighted by atomic mass is 10.1. The molecule has 0 aliphatic rings. The number of Topliss-reactive ketones (excluding diaryl/α,β-unsaturated/α-hetero) is 1. The number of nitrogens with one attached hydrogen (secondary N) is 1. The molecule has 0 fully saturated rings. The van der Waals surface area contributed by atoms with Gasteiger partial charge in [0, 0.05) is 18.4 Å². The summed E-state index contributed by atoms with van der Waals surface area (Å²) in [5, 5.41) is 4.85. The predicted octanol–water partition coefficient (Wildman–Crippen LogP) is 3.82. The Morgan fingerprint density at radius 3 is 2.55 bits per heavy atom. The second-order valence-corrected chi connectivity index (χ2v) is 7.24. The van der Waals surface area contributed by atoms with E-state index >= 15 is 0 Å². The van der Waals surface area contributed by atoms with Crippen molar-refractivity contribution in [1.82, 2.24) is 10.4 Å². The van der Waals surface area contributed by atoms with E-state index in [1.165, 1.54) is 25.6 Å². The first-order chi connectivity index (χ1) is 14.0. The van der Waals surface area contributed by atoms with Crippen molar-refractivity contribution in [3.05, 3.63) is 53.0 Å². The van der Waals surface area contributed by atoms with Crippen LogP contribution in [0, 0.1) is 0 Å². The molecule has 1 amide bonds. The molecule has 2 aromatic carbocycles. The summed E-state index contributed by atoms with van der Waals surface area (Å²) >= 11 is 1.51. The zero-order valence-corrected chi connectivity index (χ0v) is 17.2. The van der Waals surface area contributed by atoms with Gasteiger partial charge in [0.1, 0.15) is 5.01 Å². The first-order valence-electron chi connectivity index (χ1n) is 8.96. The van der Waals surface area contributed by atoms with Gasteiger partial charge in [-0.25, -0.2) is 10.4 Å². The van der Waals surface area contributed by atoms with Crippen LogP contribution in [-0.2, 0) is 4.79 Å². The van der Waals surface area contributed by atoms with Crippen molar-refractivity contribution in [2.75, 3.05) is 14.2 Å². The number of carbonyl (C=O) groups is 2. The van der Waals surface area contributed by atoms with Crippen LogP contribution < -0.4 is 14.9 Å². The summed E-state index contributed by atoms with van der Waals surface area (Å²) in [7, 11) is 3.03. The Hall–Kier alpha value is -3.26. The SMILES string of the molecule is COc1ccc(C(=O)CCC(=O)N/N=C(\C)c2nc3ccccc3s2)cc1OC. The fraction of sp³-hybridized carbons (Fsp3) is 0.238. The number of hydrazone groups is 1. The van der Waals surface area contributed by atoms with Gasteiger partial charge in [-0.1, -0.05) is 12.1 Å². The highest BCUT2D eigenvalue weighted by Crippen LogP contribution is 2.28. The summed E-state index contributed by atoms with van der Waals surface area (Å²) < 4.78 is 11.4. The summed E-state index contributed by atoms with van der Waals surface area (Å²) in [5.41, 5.74) is 4.47. The van der Waals surface area contributed by atoms with Gasteiger partial charge in [0.2, 0.25) is 5.91 Å². The third-order valence-corrected chi connectivity index (χ3v) is 5.38. The van der Waals surface area contributed by atoms with E-state index in [9.17, 15) is 9.59 Å². The molecule has 29 heavy (non-hydrogen) atoms. The van der Waals surface area contributed by atoms with Crippen LogP contribution in [0.15, 0.2) is 47.6 Å². The van der Waals surface area contributed by atoms with E-state index in [4.69, 9.17) is 9.47 Å². The van der Waals surface area contributed by atoms with E-state index in [1.54, 1.807) is 25.1 Å². The molecule has 0 unspecified atom stereocenters. The number of hydrogen-bond acceptors (Lipinski definition) is 7. The van der Waals surface area contributed by atoms with E-state index in [1.807, 2.05) is 24.3 Å². The maximum Gasteiger partial charge on any atom is 0.240 e. The van der Waals surface area contributed by atoms with Gasteiger partial charge in [0.05, 0.1) is 30.1 Å². The summed E-state index contributed by atoms with van der Waals surface area (Å²) in [6, 6.07) is 12.7. The van der Waals surface area contributed by atoms with Crippen LogP contribution in [0.4, 0.5) is 0 Å². The summed E-state index contributed by atoms with van der Waals surface area (Å²) in [6.45, 7) is 1.78. The molecular weight excluding hydrogens is 390 g/mol. The van der Waals surface area contributed by atoms with Gasteiger partial charge in [0.15, 0.2) is 17.3 Å². The highest BCUT2D eigenvalue weighted by atomic mass is 32.1. The van der Waals surface area contributed by atoms with E-state index in [0.29, 0.717) is 22.8 Å². The number of ether oxygens (including phenoxy) is 2. The van der Waals surface area contributed by atoms with Crippen LogP contribution in [0.1, 0.15) is 35.1 Å². The molecule has 1 heterocycles. The topological polar surface area (TPSA) is 89.9 Å². The van der Waals surface area contributed by atoms with Gasteiger partial charge < -0.3 is 9.47 Å². The molecule has 1 N–H and O–H groups in total. The molecule has 3 rings (SSSR count). The Kier molecular flexibility index (Phi) is 6.56. The third-order valence-electron chi connectivity index (χ3n) is 4.24. The minimum atomic E-state index is -0.334. The smallest absolute Gasteiger partial charge is 0.240 e. The highest BCUT2D eigenvalue weighted by Gasteiger charge is 2.13. The molecule has 0 bridgehead atoms. The quantitative estimate of drug-likeness (QED) is 0.346. The number of benzene rings is 2. The molecule has 0 atom stereocenters. The average molecular weight is 411 g/mol. The summed E-state index contributed by atoms with van der Waals surface area (Å²) in [4.78, 5) is 28.9.